The summed E-state index contributed by atoms with van der Waals surface area (Å²) in [5.41, 5.74) is 5.66. The standard InChI is InChI=1S/C14H22N2O4S.ClH/c1-10(2)8-11(9-15)16-21(17,18)13-5-3-4-12-14(13)20-7-6-19-12;/h3-5,10-11,16H,6-9,15H2,1-2H3;1H. The van der Waals surface area contributed by atoms with Gasteiger partial charge in [-0.2, -0.15) is 0 Å². The summed E-state index contributed by atoms with van der Waals surface area (Å²) < 4.78 is 38.6. The molecule has 0 aromatic heterocycles. The summed E-state index contributed by atoms with van der Waals surface area (Å²) in [6.07, 6.45) is 0.683. The number of rotatable bonds is 6. The molecule has 3 N–H and O–H groups in total. The van der Waals surface area contributed by atoms with Crippen molar-refractivity contribution in [2.45, 2.75) is 31.2 Å². The molecule has 1 aliphatic heterocycles. The van der Waals surface area contributed by atoms with Gasteiger partial charge in [0.2, 0.25) is 10.0 Å². The fourth-order valence-electron chi connectivity index (χ4n) is 2.30. The third kappa shape index (κ3) is 4.49. The van der Waals surface area contributed by atoms with Crippen LogP contribution in [0.4, 0.5) is 0 Å². The molecule has 0 bridgehead atoms. The van der Waals surface area contributed by atoms with E-state index in [2.05, 4.69) is 4.72 Å². The number of sulfonamides is 1. The topological polar surface area (TPSA) is 90.7 Å². The zero-order valence-electron chi connectivity index (χ0n) is 12.7. The van der Waals surface area contributed by atoms with Gasteiger partial charge in [0.1, 0.15) is 18.1 Å². The SMILES string of the molecule is CC(C)CC(CN)NS(=O)(=O)c1cccc2c1OCCO2.Cl. The molecule has 1 atom stereocenters. The molecule has 6 nitrogen and oxygen atoms in total. The molecule has 0 aliphatic carbocycles. The minimum atomic E-state index is -3.69. The highest BCUT2D eigenvalue weighted by Gasteiger charge is 2.27. The van der Waals surface area contributed by atoms with E-state index in [9.17, 15) is 8.42 Å². The summed E-state index contributed by atoms with van der Waals surface area (Å²) in [7, 11) is -3.69. The molecule has 0 amide bonds. The highest BCUT2D eigenvalue weighted by atomic mass is 35.5. The monoisotopic (exact) mass is 350 g/mol. The molecule has 1 aromatic carbocycles. The molecule has 22 heavy (non-hydrogen) atoms. The summed E-state index contributed by atoms with van der Waals surface area (Å²) in [6, 6.07) is 4.55. The van der Waals surface area contributed by atoms with Crippen molar-refractivity contribution in [1.29, 1.82) is 0 Å². The zero-order valence-corrected chi connectivity index (χ0v) is 14.4. The van der Waals surface area contributed by atoms with Gasteiger partial charge in [-0.05, 0) is 24.5 Å². The lowest BCUT2D eigenvalue weighted by molar-refractivity contribution is 0.167. The number of benzene rings is 1. The van der Waals surface area contributed by atoms with Crippen LogP contribution in [-0.2, 0) is 10.0 Å². The minimum Gasteiger partial charge on any atom is -0.486 e. The molecule has 0 fully saturated rings. The third-order valence-electron chi connectivity index (χ3n) is 3.18. The molecule has 1 unspecified atom stereocenters. The summed E-state index contributed by atoms with van der Waals surface area (Å²) >= 11 is 0. The number of halogens is 1. The van der Waals surface area contributed by atoms with Gasteiger partial charge in [-0.3, -0.25) is 0 Å². The minimum absolute atomic E-state index is 0. The van der Waals surface area contributed by atoms with Gasteiger partial charge in [0, 0.05) is 12.6 Å². The molecule has 0 radical (unpaired) electrons. The van der Waals surface area contributed by atoms with E-state index in [1.165, 1.54) is 6.07 Å². The highest BCUT2D eigenvalue weighted by molar-refractivity contribution is 7.89. The van der Waals surface area contributed by atoms with Crippen LogP contribution in [0.15, 0.2) is 23.1 Å². The molecule has 0 saturated carbocycles. The van der Waals surface area contributed by atoms with E-state index in [4.69, 9.17) is 15.2 Å². The molecule has 1 aliphatic rings. The van der Waals surface area contributed by atoms with Crippen molar-refractivity contribution in [1.82, 2.24) is 4.72 Å². The van der Waals surface area contributed by atoms with E-state index in [0.717, 1.165) is 0 Å². The van der Waals surface area contributed by atoms with Crippen molar-refractivity contribution < 1.29 is 17.9 Å². The summed E-state index contributed by atoms with van der Waals surface area (Å²) in [5.74, 6) is 1.08. The van der Waals surface area contributed by atoms with E-state index in [1.54, 1.807) is 12.1 Å². The number of hydrogen-bond acceptors (Lipinski definition) is 5. The second-order valence-corrected chi connectivity index (χ2v) is 7.15. The largest absolute Gasteiger partial charge is 0.486 e. The Morgan fingerprint density at radius 3 is 2.59 bits per heavy atom. The van der Waals surface area contributed by atoms with Gasteiger partial charge in [0.15, 0.2) is 11.5 Å². The van der Waals surface area contributed by atoms with Crippen molar-refractivity contribution >= 4 is 22.4 Å². The lowest BCUT2D eigenvalue weighted by atomic mass is 10.1. The van der Waals surface area contributed by atoms with Crippen molar-refractivity contribution in [3.05, 3.63) is 18.2 Å². The second kappa shape index (κ2) is 8.01. The second-order valence-electron chi connectivity index (χ2n) is 5.46. The van der Waals surface area contributed by atoms with Gasteiger partial charge >= 0.3 is 0 Å². The van der Waals surface area contributed by atoms with Crippen LogP contribution in [0.5, 0.6) is 11.5 Å². The molecule has 8 heteroatoms. The van der Waals surface area contributed by atoms with Crippen molar-refractivity contribution in [3.8, 4) is 11.5 Å². The first kappa shape index (κ1) is 19.0. The number of para-hydroxylation sites is 1. The van der Waals surface area contributed by atoms with Crippen molar-refractivity contribution in [2.75, 3.05) is 19.8 Å². The Kier molecular flexibility index (Phi) is 6.93. The molecular weight excluding hydrogens is 328 g/mol. The van der Waals surface area contributed by atoms with E-state index in [-0.39, 0.29) is 35.6 Å². The quantitative estimate of drug-likeness (QED) is 0.812. The van der Waals surface area contributed by atoms with Crippen molar-refractivity contribution in [3.63, 3.8) is 0 Å². The first-order valence-electron chi connectivity index (χ1n) is 7.05. The predicted molar refractivity (Wildman–Crippen MR) is 87.3 cm³/mol. The Bertz CT molecular complexity index is 593. The van der Waals surface area contributed by atoms with E-state index < -0.39 is 10.0 Å². The Balaban J connectivity index is 0.00000242. The Morgan fingerprint density at radius 2 is 1.95 bits per heavy atom. The summed E-state index contributed by atoms with van der Waals surface area (Å²) in [4.78, 5) is 0.0990. The maximum absolute atomic E-state index is 12.6. The lowest BCUT2D eigenvalue weighted by Crippen LogP contribution is -2.41. The fraction of sp³-hybridized carbons (Fsp3) is 0.571. The number of ether oxygens (including phenoxy) is 2. The average molecular weight is 351 g/mol. The van der Waals surface area contributed by atoms with Gasteiger partial charge < -0.3 is 15.2 Å². The van der Waals surface area contributed by atoms with E-state index in [0.29, 0.717) is 31.3 Å². The molecule has 1 heterocycles. The van der Waals surface area contributed by atoms with E-state index >= 15 is 0 Å². The van der Waals surface area contributed by atoms with Crippen LogP contribution in [0.1, 0.15) is 20.3 Å². The molecule has 2 rings (SSSR count). The Hall–Kier alpha value is -1.02. The van der Waals surface area contributed by atoms with Crippen molar-refractivity contribution in [2.24, 2.45) is 11.7 Å². The molecule has 0 saturated heterocycles. The summed E-state index contributed by atoms with van der Waals surface area (Å²) in [5, 5.41) is 0. The Labute approximate surface area is 137 Å². The third-order valence-corrected chi connectivity index (χ3v) is 4.73. The maximum Gasteiger partial charge on any atom is 0.244 e. The normalized spacial score (nSPS) is 15.3. The Morgan fingerprint density at radius 1 is 1.27 bits per heavy atom. The first-order chi connectivity index (χ1) is 9.94. The van der Waals surface area contributed by atoms with Crippen LogP contribution < -0.4 is 19.9 Å². The van der Waals surface area contributed by atoms with Crippen LogP contribution in [0.2, 0.25) is 0 Å². The van der Waals surface area contributed by atoms with Crippen LogP contribution in [0, 0.1) is 5.92 Å². The number of nitrogens with one attached hydrogen (secondary N) is 1. The molecule has 126 valence electrons. The lowest BCUT2D eigenvalue weighted by Gasteiger charge is -2.23. The van der Waals surface area contributed by atoms with Crippen LogP contribution in [0.3, 0.4) is 0 Å². The van der Waals surface area contributed by atoms with Crippen LogP contribution >= 0.6 is 12.4 Å². The maximum atomic E-state index is 12.6. The average Bonchev–Trinajstić information content (AvgIpc) is 2.45. The van der Waals surface area contributed by atoms with Crippen LogP contribution in [-0.4, -0.2) is 34.2 Å². The zero-order chi connectivity index (χ0) is 15.5. The van der Waals surface area contributed by atoms with Gasteiger partial charge in [0.25, 0.3) is 0 Å². The van der Waals surface area contributed by atoms with Gasteiger partial charge in [-0.25, -0.2) is 13.1 Å². The molecule has 0 spiro atoms. The number of nitrogens with two attached hydrogens (primary N) is 1. The smallest absolute Gasteiger partial charge is 0.244 e. The number of fused-ring (bicyclic) bond motifs is 1. The first-order valence-corrected chi connectivity index (χ1v) is 8.53. The highest BCUT2D eigenvalue weighted by Crippen LogP contribution is 2.36. The van der Waals surface area contributed by atoms with Gasteiger partial charge in [-0.1, -0.05) is 19.9 Å². The fourth-order valence-corrected chi connectivity index (χ4v) is 3.72. The predicted octanol–water partition coefficient (Wildman–Crippen LogP) is 1.53. The molecule has 1 aromatic rings. The number of hydrogen-bond donors (Lipinski definition) is 2. The van der Waals surface area contributed by atoms with E-state index in [1.807, 2.05) is 13.8 Å². The van der Waals surface area contributed by atoms with Gasteiger partial charge in [0.05, 0.1) is 0 Å². The summed E-state index contributed by atoms with van der Waals surface area (Å²) in [6.45, 7) is 5.06. The molecular formula is C14H23ClN2O4S. The van der Waals surface area contributed by atoms with Crippen LogP contribution in [0.25, 0.3) is 0 Å². The van der Waals surface area contributed by atoms with Gasteiger partial charge in [-0.15, -0.1) is 12.4 Å².